The highest BCUT2D eigenvalue weighted by atomic mass is 35.5. The van der Waals surface area contributed by atoms with E-state index in [1.165, 1.54) is 11.8 Å². The minimum Gasteiger partial charge on any atom is -0.482 e. The molecule has 4 aromatic rings. The van der Waals surface area contributed by atoms with E-state index in [0.29, 0.717) is 45.3 Å². The van der Waals surface area contributed by atoms with Crippen LogP contribution in [0.3, 0.4) is 0 Å². The molecule has 0 saturated carbocycles. The summed E-state index contributed by atoms with van der Waals surface area (Å²) in [7, 11) is 0. The molecule has 2 atom stereocenters. The molecule has 234 valence electrons. The Morgan fingerprint density at radius 1 is 1.20 bits per heavy atom. The molecule has 1 aromatic carbocycles. The van der Waals surface area contributed by atoms with Crippen LogP contribution in [0.15, 0.2) is 52.6 Å². The molecular formula is C30H34Cl2N6O5S. The van der Waals surface area contributed by atoms with Crippen molar-refractivity contribution in [2.75, 3.05) is 31.2 Å². The van der Waals surface area contributed by atoms with Gasteiger partial charge < -0.3 is 34.7 Å². The molecule has 2 aliphatic rings. The zero-order valence-corrected chi connectivity index (χ0v) is 26.7. The van der Waals surface area contributed by atoms with Gasteiger partial charge in [-0.3, -0.25) is 0 Å². The molecule has 1 spiro atoms. The number of imidazole rings is 1. The van der Waals surface area contributed by atoms with Gasteiger partial charge in [0.25, 0.3) is 0 Å². The van der Waals surface area contributed by atoms with Crippen molar-refractivity contribution in [3.63, 3.8) is 0 Å². The number of hydrogen-bond donors (Lipinski definition) is 3. The fourth-order valence-electron chi connectivity index (χ4n) is 5.81. The van der Waals surface area contributed by atoms with Gasteiger partial charge in [0.2, 0.25) is 0 Å². The van der Waals surface area contributed by atoms with Crippen LogP contribution in [-0.4, -0.2) is 74.0 Å². The second-order valence-electron chi connectivity index (χ2n) is 11.1. The Balaban J connectivity index is 0.00000384. The lowest BCUT2D eigenvalue weighted by molar-refractivity contribution is -0.139. The standard InChI is InChI=1S/C30H33ClN6O5S.ClH/c1-17-29(35-22(14-38)27(33-17)36-11-8-30(9-12-36)16-42-18(2)26(30)32)43-23-7-10-37-13-21(34-28(37)25(23)31)19-3-5-20(6-4-19)41-15-24(39)40;/h3-7,10,13,18,26,38H,8-9,11-12,14-16,32H2,1-2H3,(H,39,40);1H/t18-,26+;/m0./s1. The maximum absolute atomic E-state index is 10.7. The molecule has 0 unspecified atom stereocenters. The van der Waals surface area contributed by atoms with Crippen molar-refractivity contribution in [3.05, 3.63) is 59.1 Å². The summed E-state index contributed by atoms with van der Waals surface area (Å²) >= 11 is 8.23. The summed E-state index contributed by atoms with van der Waals surface area (Å²) in [6.45, 7) is 5.57. The molecule has 3 aromatic heterocycles. The number of fused-ring (bicyclic) bond motifs is 1. The summed E-state index contributed by atoms with van der Waals surface area (Å²) in [6, 6.07) is 8.97. The van der Waals surface area contributed by atoms with Crippen LogP contribution < -0.4 is 15.4 Å². The maximum atomic E-state index is 10.7. The third-order valence-electron chi connectivity index (χ3n) is 8.38. The van der Waals surface area contributed by atoms with Crippen LogP contribution in [0.4, 0.5) is 5.82 Å². The molecular weight excluding hydrogens is 627 g/mol. The maximum Gasteiger partial charge on any atom is 0.341 e. The minimum atomic E-state index is -1.03. The third-order valence-corrected chi connectivity index (χ3v) is 10.0. The lowest BCUT2D eigenvalue weighted by Crippen LogP contribution is -2.51. The smallest absolute Gasteiger partial charge is 0.341 e. The van der Waals surface area contributed by atoms with Crippen LogP contribution in [0.5, 0.6) is 5.75 Å². The number of piperidine rings is 1. The molecule has 0 amide bonds. The number of aromatic nitrogens is 4. The molecule has 4 N–H and O–H groups in total. The van der Waals surface area contributed by atoms with E-state index < -0.39 is 12.6 Å². The molecule has 0 bridgehead atoms. The number of carboxylic acid groups (broad SMARTS) is 1. The molecule has 0 aliphatic carbocycles. The van der Waals surface area contributed by atoms with Gasteiger partial charge in [0.1, 0.15) is 16.5 Å². The fraction of sp³-hybridized carbons (Fsp3) is 0.400. The minimum absolute atomic E-state index is 0. The first-order valence-corrected chi connectivity index (χ1v) is 15.3. The number of aliphatic hydroxyl groups excluding tert-OH is 1. The molecule has 2 fully saturated rings. The SMILES string of the molecule is Cc1nc(N2CCC3(CC2)CO[C@@H](C)[C@H]3N)c(CO)nc1Sc1ccn2cc(-c3ccc(OCC(=O)O)cc3)nc2c1Cl.Cl. The van der Waals surface area contributed by atoms with E-state index in [1.807, 2.05) is 48.8 Å². The van der Waals surface area contributed by atoms with E-state index in [4.69, 9.17) is 46.9 Å². The Morgan fingerprint density at radius 3 is 2.57 bits per heavy atom. The highest BCUT2D eigenvalue weighted by Crippen LogP contribution is 2.43. The molecule has 6 rings (SSSR count). The zero-order chi connectivity index (χ0) is 30.3. The number of aliphatic carboxylic acids is 1. The molecule has 11 nitrogen and oxygen atoms in total. The molecule has 44 heavy (non-hydrogen) atoms. The monoisotopic (exact) mass is 660 g/mol. The zero-order valence-electron chi connectivity index (χ0n) is 24.3. The number of carbonyl (C=O) groups is 1. The summed E-state index contributed by atoms with van der Waals surface area (Å²) in [6.07, 6.45) is 5.64. The number of pyridine rings is 1. The van der Waals surface area contributed by atoms with E-state index in [2.05, 4.69) is 4.90 Å². The number of aliphatic hydroxyl groups is 1. The highest BCUT2D eigenvalue weighted by Gasteiger charge is 2.47. The first kappa shape index (κ1) is 32.3. The van der Waals surface area contributed by atoms with Gasteiger partial charge >= 0.3 is 5.97 Å². The first-order valence-electron chi connectivity index (χ1n) is 14.1. The van der Waals surface area contributed by atoms with Gasteiger partial charge in [-0.25, -0.2) is 19.7 Å². The number of benzene rings is 1. The Morgan fingerprint density at radius 2 is 1.93 bits per heavy atom. The number of rotatable bonds is 8. The summed E-state index contributed by atoms with van der Waals surface area (Å²) in [4.78, 5) is 28.1. The molecule has 14 heteroatoms. The van der Waals surface area contributed by atoms with E-state index in [0.717, 1.165) is 42.1 Å². The van der Waals surface area contributed by atoms with Crippen LogP contribution in [0.1, 0.15) is 31.2 Å². The number of hydrogen-bond acceptors (Lipinski definition) is 10. The van der Waals surface area contributed by atoms with Crippen molar-refractivity contribution >= 4 is 53.2 Å². The van der Waals surface area contributed by atoms with Crippen LogP contribution >= 0.6 is 35.8 Å². The Labute approximate surface area is 270 Å². The second kappa shape index (κ2) is 13.1. The van der Waals surface area contributed by atoms with Crippen LogP contribution in [-0.2, 0) is 16.1 Å². The summed E-state index contributed by atoms with van der Waals surface area (Å²) in [5, 5.41) is 20.2. The Bertz CT molecular complexity index is 1660. The summed E-state index contributed by atoms with van der Waals surface area (Å²) in [5.41, 5.74) is 9.90. The first-order chi connectivity index (χ1) is 20.7. The van der Waals surface area contributed by atoms with Crippen molar-refractivity contribution in [2.45, 2.75) is 55.4 Å². The fourth-order valence-corrected chi connectivity index (χ4v) is 6.99. The highest BCUT2D eigenvalue weighted by molar-refractivity contribution is 7.99. The number of carboxylic acids is 1. The van der Waals surface area contributed by atoms with E-state index >= 15 is 0 Å². The van der Waals surface area contributed by atoms with Gasteiger partial charge in [0.05, 0.1) is 35.7 Å². The molecule has 2 saturated heterocycles. The summed E-state index contributed by atoms with van der Waals surface area (Å²) in [5.74, 6) is 0.133. The van der Waals surface area contributed by atoms with Crippen LogP contribution in [0.2, 0.25) is 5.02 Å². The van der Waals surface area contributed by atoms with Crippen molar-refractivity contribution in [1.29, 1.82) is 0 Å². The van der Waals surface area contributed by atoms with Gasteiger partial charge in [0, 0.05) is 47.4 Å². The lowest BCUT2D eigenvalue weighted by Gasteiger charge is -2.42. The number of aryl methyl sites for hydroxylation is 1. The van der Waals surface area contributed by atoms with Crippen LogP contribution in [0, 0.1) is 12.3 Å². The predicted octanol–water partition coefficient (Wildman–Crippen LogP) is 4.61. The van der Waals surface area contributed by atoms with Gasteiger partial charge in [-0.2, -0.15) is 0 Å². The second-order valence-corrected chi connectivity index (χ2v) is 12.5. The van der Waals surface area contributed by atoms with Gasteiger partial charge in [-0.05, 0) is 57.0 Å². The number of nitrogens with zero attached hydrogens (tertiary/aromatic N) is 5. The van der Waals surface area contributed by atoms with Crippen molar-refractivity contribution in [3.8, 4) is 17.0 Å². The van der Waals surface area contributed by atoms with Crippen molar-refractivity contribution in [2.24, 2.45) is 11.1 Å². The Kier molecular flexibility index (Phi) is 9.59. The average molecular weight is 662 g/mol. The number of halogens is 2. The van der Waals surface area contributed by atoms with Crippen LogP contribution in [0.25, 0.3) is 16.9 Å². The lowest BCUT2D eigenvalue weighted by atomic mass is 9.73. The number of nitrogens with two attached hydrogens (primary N) is 1. The number of anilines is 1. The number of ether oxygens (including phenoxy) is 2. The summed E-state index contributed by atoms with van der Waals surface area (Å²) < 4.78 is 12.9. The largest absolute Gasteiger partial charge is 0.482 e. The van der Waals surface area contributed by atoms with Crippen molar-refractivity contribution in [1.82, 2.24) is 19.4 Å². The normalized spacial score (nSPS) is 19.3. The molecule has 0 radical (unpaired) electrons. The van der Waals surface area contributed by atoms with Gasteiger partial charge in [-0.15, -0.1) is 12.4 Å². The Hall–Kier alpha value is -3.13. The third kappa shape index (κ3) is 6.19. The molecule has 5 heterocycles. The molecule has 2 aliphatic heterocycles. The van der Waals surface area contributed by atoms with Gasteiger partial charge in [-0.1, -0.05) is 23.4 Å². The van der Waals surface area contributed by atoms with E-state index in [-0.39, 0.29) is 36.6 Å². The predicted molar refractivity (Wildman–Crippen MR) is 170 cm³/mol. The van der Waals surface area contributed by atoms with Gasteiger partial charge in [0.15, 0.2) is 18.1 Å². The average Bonchev–Trinajstić information content (AvgIpc) is 3.57. The van der Waals surface area contributed by atoms with Crippen molar-refractivity contribution < 1.29 is 24.5 Å². The van der Waals surface area contributed by atoms with E-state index in [1.54, 1.807) is 12.1 Å². The van der Waals surface area contributed by atoms with E-state index in [9.17, 15) is 9.90 Å². The topological polar surface area (TPSA) is 148 Å². The quantitative estimate of drug-likeness (QED) is 0.243.